The van der Waals surface area contributed by atoms with Crippen molar-refractivity contribution in [2.45, 2.75) is 32.6 Å². The molecule has 20 heavy (non-hydrogen) atoms. The highest BCUT2D eigenvalue weighted by Crippen LogP contribution is 2.20. The van der Waals surface area contributed by atoms with Crippen molar-refractivity contribution in [1.82, 2.24) is 0 Å². The molecule has 0 aliphatic heterocycles. The first kappa shape index (κ1) is 18.4. The number of carboxylic acids is 1. The van der Waals surface area contributed by atoms with E-state index in [2.05, 4.69) is 11.7 Å². The fourth-order valence-corrected chi connectivity index (χ4v) is 1.76. The molecule has 114 valence electrons. The number of carbonyl (C=O) groups is 2. The van der Waals surface area contributed by atoms with Gasteiger partial charge in [-0.05, 0) is 18.8 Å². The number of carbonyl (C=O) groups excluding carboxylic acids is 1. The lowest BCUT2D eigenvalue weighted by Crippen LogP contribution is -2.26. The van der Waals surface area contributed by atoms with Crippen LogP contribution in [0.5, 0.6) is 0 Å². The van der Waals surface area contributed by atoms with Crippen LogP contribution in [0.4, 0.5) is 0 Å². The summed E-state index contributed by atoms with van der Waals surface area (Å²) in [5.41, 5.74) is 0. The molecule has 0 spiro atoms. The number of ether oxygens (including phenoxy) is 1. The lowest BCUT2D eigenvalue weighted by Gasteiger charge is -2.18. The van der Waals surface area contributed by atoms with E-state index in [4.69, 9.17) is 5.11 Å². The maximum absolute atomic E-state index is 11.1. The van der Waals surface area contributed by atoms with E-state index in [0.717, 1.165) is 12.8 Å². The Hall–Kier alpha value is -1.62. The number of methoxy groups -OCH3 is 1. The van der Waals surface area contributed by atoms with E-state index in [1.807, 2.05) is 12.2 Å². The summed E-state index contributed by atoms with van der Waals surface area (Å²) in [6.07, 6.45) is 9.81. The molecule has 2 unspecified atom stereocenters. The summed E-state index contributed by atoms with van der Waals surface area (Å²) in [7, 11) is 1.29. The summed E-state index contributed by atoms with van der Waals surface area (Å²) in [6.45, 7) is 1.61. The minimum atomic E-state index is -1.07. The Bertz CT molecular complexity index is 346. The Balaban J connectivity index is 4.68. The van der Waals surface area contributed by atoms with Gasteiger partial charge in [0, 0.05) is 6.42 Å². The largest absolute Gasteiger partial charge is 0.481 e. The first-order chi connectivity index (χ1) is 9.56. The van der Waals surface area contributed by atoms with E-state index in [0.29, 0.717) is 6.42 Å². The minimum Gasteiger partial charge on any atom is -0.481 e. The molecule has 0 radical (unpaired) electrons. The van der Waals surface area contributed by atoms with Crippen molar-refractivity contribution in [3.05, 3.63) is 24.3 Å². The molecule has 0 bridgehead atoms. The third kappa shape index (κ3) is 7.74. The molecule has 0 aromatic rings. The second-order valence-corrected chi connectivity index (χ2v) is 4.51. The van der Waals surface area contributed by atoms with Gasteiger partial charge in [-0.15, -0.1) is 0 Å². The van der Waals surface area contributed by atoms with Crippen LogP contribution in [0.1, 0.15) is 32.6 Å². The molecule has 0 fully saturated rings. The summed E-state index contributed by atoms with van der Waals surface area (Å²) in [5, 5.41) is 18.3. The lowest BCUT2D eigenvalue weighted by molar-refractivity contribution is -0.146. The molecule has 5 nitrogen and oxygen atoms in total. The topological polar surface area (TPSA) is 83.8 Å². The van der Waals surface area contributed by atoms with Gasteiger partial charge in [0.25, 0.3) is 0 Å². The fraction of sp³-hybridized carbons (Fsp3) is 0.600. The van der Waals surface area contributed by atoms with Gasteiger partial charge in [-0.25, -0.2) is 0 Å². The van der Waals surface area contributed by atoms with Crippen LogP contribution >= 0.6 is 0 Å². The van der Waals surface area contributed by atoms with Gasteiger partial charge in [-0.1, -0.05) is 37.6 Å². The second kappa shape index (κ2) is 11.2. The highest BCUT2D eigenvalue weighted by atomic mass is 16.5. The third-order valence-corrected chi connectivity index (χ3v) is 3.00. The SMILES string of the molecule is CCC/C=C/C=C/C(CCC(=O)OC)C(CO)C(=O)O. The molecular weight excluding hydrogens is 260 g/mol. The van der Waals surface area contributed by atoms with Gasteiger partial charge in [-0.3, -0.25) is 9.59 Å². The maximum Gasteiger partial charge on any atom is 0.309 e. The molecule has 0 aromatic carbocycles. The molecule has 0 aromatic heterocycles. The predicted octanol–water partition coefficient (Wildman–Crippen LogP) is 2.16. The Labute approximate surface area is 119 Å². The van der Waals surface area contributed by atoms with Crippen LogP contribution in [-0.4, -0.2) is 35.9 Å². The second-order valence-electron chi connectivity index (χ2n) is 4.51. The van der Waals surface area contributed by atoms with Gasteiger partial charge in [-0.2, -0.15) is 0 Å². The number of unbranched alkanes of at least 4 members (excludes halogenated alkanes) is 1. The van der Waals surface area contributed by atoms with Gasteiger partial charge < -0.3 is 14.9 Å². The zero-order chi connectivity index (χ0) is 15.4. The van der Waals surface area contributed by atoms with Crippen molar-refractivity contribution in [2.24, 2.45) is 11.8 Å². The van der Waals surface area contributed by atoms with E-state index in [1.165, 1.54) is 7.11 Å². The highest BCUT2D eigenvalue weighted by Gasteiger charge is 2.25. The number of esters is 1. The summed E-state index contributed by atoms with van der Waals surface area (Å²) in [4.78, 5) is 22.2. The van der Waals surface area contributed by atoms with Crippen LogP contribution in [0, 0.1) is 11.8 Å². The van der Waals surface area contributed by atoms with Gasteiger partial charge in [0.15, 0.2) is 0 Å². The third-order valence-electron chi connectivity index (χ3n) is 3.00. The van der Waals surface area contributed by atoms with Crippen molar-refractivity contribution in [3.63, 3.8) is 0 Å². The number of allylic oxidation sites excluding steroid dienone is 4. The zero-order valence-electron chi connectivity index (χ0n) is 12.1. The summed E-state index contributed by atoms with van der Waals surface area (Å²) >= 11 is 0. The highest BCUT2D eigenvalue weighted by molar-refractivity contribution is 5.71. The number of hydrogen-bond acceptors (Lipinski definition) is 4. The van der Waals surface area contributed by atoms with E-state index < -0.39 is 24.4 Å². The molecule has 0 aliphatic rings. The molecule has 0 heterocycles. The minimum absolute atomic E-state index is 0.133. The monoisotopic (exact) mass is 284 g/mol. The first-order valence-electron chi connectivity index (χ1n) is 6.80. The van der Waals surface area contributed by atoms with Crippen LogP contribution < -0.4 is 0 Å². The van der Waals surface area contributed by atoms with Gasteiger partial charge in [0.1, 0.15) is 0 Å². The molecule has 0 aliphatic carbocycles. The zero-order valence-corrected chi connectivity index (χ0v) is 12.1. The van der Waals surface area contributed by atoms with Gasteiger partial charge in [0.05, 0.1) is 19.6 Å². The normalized spacial score (nSPS) is 14.6. The predicted molar refractivity (Wildman–Crippen MR) is 76.1 cm³/mol. The average molecular weight is 284 g/mol. The van der Waals surface area contributed by atoms with Crippen LogP contribution in [-0.2, 0) is 14.3 Å². The Kier molecular flexibility index (Phi) is 10.3. The molecule has 2 atom stereocenters. The number of aliphatic hydroxyl groups excluding tert-OH is 1. The van der Waals surface area contributed by atoms with Crippen LogP contribution in [0.15, 0.2) is 24.3 Å². The Morgan fingerprint density at radius 2 is 2.00 bits per heavy atom. The van der Waals surface area contributed by atoms with E-state index >= 15 is 0 Å². The molecule has 0 rings (SSSR count). The van der Waals surface area contributed by atoms with Crippen molar-refractivity contribution < 1.29 is 24.5 Å². The Morgan fingerprint density at radius 1 is 1.30 bits per heavy atom. The van der Waals surface area contributed by atoms with Crippen molar-refractivity contribution in [1.29, 1.82) is 0 Å². The van der Waals surface area contributed by atoms with Crippen molar-refractivity contribution in [2.75, 3.05) is 13.7 Å². The van der Waals surface area contributed by atoms with Crippen LogP contribution in [0.2, 0.25) is 0 Å². The molecule has 5 heteroatoms. The molecule has 0 saturated heterocycles. The first-order valence-corrected chi connectivity index (χ1v) is 6.80. The number of aliphatic carboxylic acids is 1. The van der Waals surface area contributed by atoms with Crippen molar-refractivity contribution >= 4 is 11.9 Å². The van der Waals surface area contributed by atoms with Crippen LogP contribution in [0.3, 0.4) is 0 Å². The fourth-order valence-electron chi connectivity index (χ4n) is 1.76. The molecule has 2 N–H and O–H groups in total. The number of rotatable bonds is 10. The van der Waals surface area contributed by atoms with E-state index in [1.54, 1.807) is 12.2 Å². The van der Waals surface area contributed by atoms with Crippen molar-refractivity contribution in [3.8, 4) is 0 Å². The number of carboxylic acid groups (broad SMARTS) is 1. The van der Waals surface area contributed by atoms with Gasteiger partial charge >= 0.3 is 11.9 Å². The summed E-state index contributed by atoms with van der Waals surface area (Å²) in [6, 6.07) is 0. The smallest absolute Gasteiger partial charge is 0.309 e. The number of aliphatic hydroxyl groups is 1. The summed E-state index contributed by atoms with van der Waals surface area (Å²) < 4.78 is 4.55. The average Bonchev–Trinajstić information content (AvgIpc) is 2.43. The maximum atomic E-state index is 11.1. The molecule has 0 amide bonds. The summed E-state index contributed by atoms with van der Waals surface area (Å²) in [5.74, 6) is -2.75. The van der Waals surface area contributed by atoms with Crippen LogP contribution in [0.25, 0.3) is 0 Å². The Morgan fingerprint density at radius 3 is 2.50 bits per heavy atom. The van der Waals surface area contributed by atoms with E-state index in [-0.39, 0.29) is 12.4 Å². The molecular formula is C15H24O5. The van der Waals surface area contributed by atoms with E-state index in [9.17, 15) is 14.7 Å². The molecule has 0 saturated carbocycles. The standard InChI is InChI=1S/C15H24O5/c1-3-4-5-6-7-8-12(9-10-14(17)20-2)13(11-16)15(18)19/h5-8,12-13,16H,3-4,9-11H2,1-2H3,(H,18,19)/b6-5+,8-7+. The van der Waals surface area contributed by atoms with Gasteiger partial charge in [0.2, 0.25) is 0 Å². The lowest BCUT2D eigenvalue weighted by atomic mass is 9.88. The number of hydrogen-bond donors (Lipinski definition) is 2. The quantitative estimate of drug-likeness (QED) is 0.474.